The minimum absolute atomic E-state index is 0.209. The van der Waals surface area contributed by atoms with E-state index >= 15 is 0 Å². The normalized spacial score (nSPS) is 14.3. The molecule has 0 atom stereocenters. The number of rotatable bonds is 8. The summed E-state index contributed by atoms with van der Waals surface area (Å²) in [5.41, 5.74) is 7.41. The van der Waals surface area contributed by atoms with Crippen LogP contribution in [0, 0.1) is 5.82 Å². The highest BCUT2D eigenvalue weighted by atomic mass is 19.1. The number of hydrogen-bond donors (Lipinski definition) is 2. The van der Waals surface area contributed by atoms with Crippen LogP contribution in [0.15, 0.2) is 17.1 Å². The lowest BCUT2D eigenvalue weighted by atomic mass is 10.1. The number of fused-ring (bicyclic) bond motifs is 1. The SMILES string of the molecule is CCCCCCN=C(N)NCCc1cc(F)cc2c1OCOC2. The van der Waals surface area contributed by atoms with Crippen LogP contribution < -0.4 is 15.8 Å². The third kappa shape index (κ3) is 5.71. The molecular weight excluding hydrogens is 297 g/mol. The summed E-state index contributed by atoms with van der Waals surface area (Å²) in [6.07, 6.45) is 5.30. The van der Waals surface area contributed by atoms with Gasteiger partial charge < -0.3 is 20.5 Å². The van der Waals surface area contributed by atoms with Gasteiger partial charge in [0.1, 0.15) is 11.6 Å². The van der Waals surface area contributed by atoms with Crippen molar-refractivity contribution in [1.82, 2.24) is 5.32 Å². The number of halogens is 1. The Hall–Kier alpha value is -1.82. The van der Waals surface area contributed by atoms with E-state index < -0.39 is 0 Å². The van der Waals surface area contributed by atoms with Crippen LogP contribution in [0.3, 0.4) is 0 Å². The first-order valence-corrected chi connectivity index (χ1v) is 8.26. The smallest absolute Gasteiger partial charge is 0.189 e. The van der Waals surface area contributed by atoms with E-state index in [0.717, 1.165) is 29.8 Å². The van der Waals surface area contributed by atoms with E-state index in [4.69, 9.17) is 15.2 Å². The van der Waals surface area contributed by atoms with E-state index in [2.05, 4.69) is 17.2 Å². The maximum Gasteiger partial charge on any atom is 0.189 e. The van der Waals surface area contributed by atoms with Crippen molar-refractivity contribution in [3.05, 3.63) is 29.1 Å². The predicted molar refractivity (Wildman–Crippen MR) is 89.0 cm³/mol. The molecule has 3 N–H and O–H groups in total. The second-order valence-electron chi connectivity index (χ2n) is 5.67. The van der Waals surface area contributed by atoms with Gasteiger partial charge in [0.05, 0.1) is 6.61 Å². The van der Waals surface area contributed by atoms with Gasteiger partial charge in [-0.1, -0.05) is 26.2 Å². The van der Waals surface area contributed by atoms with E-state index in [1.165, 1.54) is 31.4 Å². The Balaban J connectivity index is 1.80. The van der Waals surface area contributed by atoms with Crippen molar-refractivity contribution < 1.29 is 13.9 Å². The first-order chi connectivity index (χ1) is 11.2. The minimum Gasteiger partial charge on any atom is -0.467 e. The summed E-state index contributed by atoms with van der Waals surface area (Å²) in [5, 5.41) is 3.07. The first kappa shape index (κ1) is 17.5. The summed E-state index contributed by atoms with van der Waals surface area (Å²) in [4.78, 5) is 4.29. The number of nitrogens with one attached hydrogen (secondary N) is 1. The number of nitrogens with zero attached hydrogens (tertiary/aromatic N) is 1. The van der Waals surface area contributed by atoms with Gasteiger partial charge in [0.25, 0.3) is 0 Å². The van der Waals surface area contributed by atoms with Gasteiger partial charge in [-0.05, 0) is 30.5 Å². The maximum absolute atomic E-state index is 13.6. The fourth-order valence-electron chi connectivity index (χ4n) is 2.56. The molecule has 0 aliphatic carbocycles. The third-order valence-electron chi connectivity index (χ3n) is 3.75. The Morgan fingerprint density at radius 3 is 3.04 bits per heavy atom. The highest BCUT2D eigenvalue weighted by Crippen LogP contribution is 2.29. The molecule has 0 spiro atoms. The number of hydrogen-bond acceptors (Lipinski definition) is 3. The van der Waals surface area contributed by atoms with E-state index in [1.807, 2.05) is 0 Å². The summed E-state index contributed by atoms with van der Waals surface area (Å²) in [7, 11) is 0. The van der Waals surface area contributed by atoms with Crippen LogP contribution in [0.25, 0.3) is 0 Å². The Kier molecular flexibility index (Phi) is 7.13. The summed E-state index contributed by atoms with van der Waals surface area (Å²) in [6.45, 7) is 4.11. The molecule has 0 bridgehead atoms. The van der Waals surface area contributed by atoms with Gasteiger partial charge in [-0.25, -0.2) is 4.39 Å². The molecular formula is C17H26FN3O2. The second-order valence-corrected chi connectivity index (χ2v) is 5.67. The number of nitrogens with two attached hydrogens (primary N) is 1. The van der Waals surface area contributed by atoms with Crippen LogP contribution in [0.4, 0.5) is 4.39 Å². The van der Waals surface area contributed by atoms with Crippen LogP contribution >= 0.6 is 0 Å². The predicted octanol–water partition coefficient (Wildman–Crippen LogP) is 2.72. The average molecular weight is 323 g/mol. The second kappa shape index (κ2) is 9.35. The number of aliphatic imine (C=N–C) groups is 1. The molecule has 1 aliphatic heterocycles. The van der Waals surface area contributed by atoms with E-state index in [9.17, 15) is 4.39 Å². The monoisotopic (exact) mass is 323 g/mol. The van der Waals surface area contributed by atoms with Gasteiger partial charge in [-0.15, -0.1) is 0 Å². The summed E-state index contributed by atoms with van der Waals surface area (Å²) >= 11 is 0. The molecule has 23 heavy (non-hydrogen) atoms. The van der Waals surface area contributed by atoms with E-state index in [-0.39, 0.29) is 12.6 Å². The Morgan fingerprint density at radius 2 is 2.22 bits per heavy atom. The maximum atomic E-state index is 13.6. The lowest BCUT2D eigenvalue weighted by Crippen LogP contribution is -2.33. The lowest BCUT2D eigenvalue weighted by Gasteiger charge is -2.21. The molecule has 5 nitrogen and oxygen atoms in total. The van der Waals surface area contributed by atoms with Crippen molar-refractivity contribution in [2.45, 2.75) is 45.6 Å². The lowest BCUT2D eigenvalue weighted by molar-refractivity contribution is -0.0172. The first-order valence-electron chi connectivity index (χ1n) is 8.26. The molecule has 0 amide bonds. The number of guanidine groups is 1. The minimum atomic E-state index is -0.273. The third-order valence-corrected chi connectivity index (χ3v) is 3.75. The summed E-state index contributed by atoms with van der Waals surface area (Å²) in [5.74, 6) is 0.899. The molecule has 0 unspecified atom stereocenters. The molecule has 0 saturated heterocycles. The van der Waals surface area contributed by atoms with Gasteiger partial charge in [0.2, 0.25) is 0 Å². The molecule has 2 rings (SSSR count). The zero-order valence-corrected chi connectivity index (χ0v) is 13.7. The molecule has 1 aromatic carbocycles. The number of benzene rings is 1. The number of ether oxygens (including phenoxy) is 2. The number of unbranched alkanes of at least 4 members (excludes halogenated alkanes) is 3. The van der Waals surface area contributed by atoms with Crippen molar-refractivity contribution >= 4 is 5.96 Å². The average Bonchev–Trinajstić information content (AvgIpc) is 2.54. The highest BCUT2D eigenvalue weighted by molar-refractivity contribution is 5.77. The van der Waals surface area contributed by atoms with Crippen LogP contribution in [-0.4, -0.2) is 25.8 Å². The quantitative estimate of drug-likeness (QED) is 0.438. The Morgan fingerprint density at radius 1 is 1.35 bits per heavy atom. The van der Waals surface area contributed by atoms with Crippen LogP contribution in [0.2, 0.25) is 0 Å². The van der Waals surface area contributed by atoms with E-state index in [0.29, 0.717) is 25.5 Å². The van der Waals surface area contributed by atoms with Crippen molar-refractivity contribution in [1.29, 1.82) is 0 Å². The molecule has 1 aliphatic rings. The molecule has 0 fully saturated rings. The van der Waals surface area contributed by atoms with Crippen molar-refractivity contribution in [3.63, 3.8) is 0 Å². The Bertz CT molecular complexity index is 535. The standard InChI is InChI=1S/C17H26FN3O2/c1-2-3-4-5-7-20-17(19)21-8-6-13-9-15(18)10-14-11-22-12-23-16(13)14/h9-10H,2-8,11-12H2,1H3,(H3,19,20,21). The van der Waals surface area contributed by atoms with Gasteiger partial charge in [0.15, 0.2) is 12.8 Å². The van der Waals surface area contributed by atoms with Crippen LogP contribution in [-0.2, 0) is 17.8 Å². The fourth-order valence-corrected chi connectivity index (χ4v) is 2.56. The molecule has 0 aromatic heterocycles. The van der Waals surface area contributed by atoms with Crippen molar-refractivity contribution in [2.75, 3.05) is 19.9 Å². The van der Waals surface area contributed by atoms with E-state index in [1.54, 1.807) is 0 Å². The molecule has 1 aromatic rings. The van der Waals surface area contributed by atoms with Crippen LogP contribution in [0.1, 0.15) is 43.7 Å². The largest absolute Gasteiger partial charge is 0.467 e. The molecule has 6 heteroatoms. The van der Waals surface area contributed by atoms with Gasteiger partial charge >= 0.3 is 0 Å². The van der Waals surface area contributed by atoms with Crippen molar-refractivity contribution in [2.24, 2.45) is 10.7 Å². The zero-order chi connectivity index (χ0) is 16.5. The van der Waals surface area contributed by atoms with Gasteiger partial charge in [0, 0.05) is 18.7 Å². The molecule has 1 heterocycles. The molecule has 128 valence electrons. The van der Waals surface area contributed by atoms with Gasteiger partial charge in [-0.3, -0.25) is 4.99 Å². The topological polar surface area (TPSA) is 68.9 Å². The summed E-state index contributed by atoms with van der Waals surface area (Å²) in [6, 6.07) is 2.96. The molecule has 0 radical (unpaired) electrons. The van der Waals surface area contributed by atoms with Crippen LogP contribution in [0.5, 0.6) is 5.75 Å². The molecule has 0 saturated carbocycles. The zero-order valence-electron chi connectivity index (χ0n) is 13.7. The Labute approximate surface area is 137 Å². The highest BCUT2D eigenvalue weighted by Gasteiger charge is 2.16. The fraction of sp³-hybridized carbons (Fsp3) is 0.588. The summed E-state index contributed by atoms with van der Waals surface area (Å²) < 4.78 is 24.3. The van der Waals surface area contributed by atoms with Crippen molar-refractivity contribution in [3.8, 4) is 5.75 Å². The van der Waals surface area contributed by atoms with Gasteiger partial charge in [-0.2, -0.15) is 0 Å².